The molecule has 0 aromatic heterocycles. The van der Waals surface area contributed by atoms with E-state index in [-0.39, 0.29) is 21.5 Å². The molecule has 138 valence electrons. The minimum absolute atomic E-state index is 0.0936. The van der Waals surface area contributed by atoms with Crippen LogP contribution in [0.2, 0.25) is 10.0 Å². The van der Waals surface area contributed by atoms with Crippen LogP contribution in [0.15, 0.2) is 36.4 Å². The van der Waals surface area contributed by atoms with Crippen LogP contribution in [0.25, 0.3) is 0 Å². The summed E-state index contributed by atoms with van der Waals surface area (Å²) in [5.74, 6) is -0.107. The molecule has 0 N–H and O–H groups in total. The van der Waals surface area contributed by atoms with Crippen LogP contribution < -0.4 is 9.64 Å². The number of amides is 1. The molecule has 1 fully saturated rings. The van der Waals surface area contributed by atoms with Gasteiger partial charge in [-0.15, -0.1) is 0 Å². The number of hydrogen-bond acceptors (Lipinski definition) is 3. The summed E-state index contributed by atoms with van der Waals surface area (Å²) in [4.78, 5) is 16.5. The summed E-state index contributed by atoms with van der Waals surface area (Å²) in [5, 5.41) is 0.0643. The molecule has 1 aliphatic heterocycles. The maximum absolute atomic E-state index is 13.7. The van der Waals surface area contributed by atoms with Crippen LogP contribution in [0, 0.1) is 5.82 Å². The van der Waals surface area contributed by atoms with Crippen LogP contribution in [0.4, 0.5) is 10.1 Å². The fraction of sp³-hybridized carbons (Fsp3) is 0.316. The average molecular weight is 397 g/mol. The first-order chi connectivity index (χ1) is 12.5. The van der Waals surface area contributed by atoms with Gasteiger partial charge in [0.05, 0.1) is 27.9 Å². The highest BCUT2D eigenvalue weighted by atomic mass is 35.5. The first-order valence-corrected chi connectivity index (χ1v) is 9.17. The second-order valence-corrected chi connectivity index (χ2v) is 6.74. The Labute approximate surface area is 162 Å². The van der Waals surface area contributed by atoms with E-state index in [1.54, 1.807) is 4.90 Å². The fourth-order valence-electron chi connectivity index (χ4n) is 3.00. The molecule has 0 atom stereocenters. The van der Waals surface area contributed by atoms with Crippen molar-refractivity contribution in [1.29, 1.82) is 0 Å². The average Bonchev–Trinajstić information content (AvgIpc) is 2.65. The van der Waals surface area contributed by atoms with Crippen LogP contribution in [-0.2, 0) is 0 Å². The van der Waals surface area contributed by atoms with Gasteiger partial charge in [-0.3, -0.25) is 4.79 Å². The summed E-state index contributed by atoms with van der Waals surface area (Å²) in [6, 6.07) is 10.2. The number of rotatable bonds is 4. The van der Waals surface area contributed by atoms with Crippen molar-refractivity contribution in [3.63, 3.8) is 0 Å². The summed E-state index contributed by atoms with van der Waals surface area (Å²) >= 11 is 11.8. The predicted octanol–water partition coefficient (Wildman–Crippen LogP) is 4.49. The SMILES string of the molecule is CCOc1ccccc1N1CCN(C(=O)c2cc(F)c(Cl)cc2Cl)CC1. The number of carbonyl (C=O) groups is 1. The zero-order valence-corrected chi connectivity index (χ0v) is 15.9. The Morgan fingerprint density at radius 1 is 1.12 bits per heavy atom. The molecule has 7 heteroatoms. The van der Waals surface area contributed by atoms with Gasteiger partial charge in [-0.05, 0) is 31.2 Å². The molecule has 0 radical (unpaired) electrons. The number of anilines is 1. The van der Waals surface area contributed by atoms with Crippen molar-refractivity contribution in [2.24, 2.45) is 0 Å². The van der Waals surface area contributed by atoms with E-state index in [0.717, 1.165) is 17.5 Å². The largest absolute Gasteiger partial charge is 0.492 e. The van der Waals surface area contributed by atoms with Crippen molar-refractivity contribution in [2.75, 3.05) is 37.7 Å². The number of ether oxygens (including phenoxy) is 1. The Morgan fingerprint density at radius 3 is 2.50 bits per heavy atom. The summed E-state index contributed by atoms with van der Waals surface area (Å²) in [6.45, 7) is 4.88. The van der Waals surface area contributed by atoms with Gasteiger partial charge in [-0.25, -0.2) is 4.39 Å². The third-order valence-corrected chi connectivity index (χ3v) is 4.92. The minimum Gasteiger partial charge on any atom is -0.492 e. The smallest absolute Gasteiger partial charge is 0.255 e. The van der Waals surface area contributed by atoms with Crippen molar-refractivity contribution < 1.29 is 13.9 Å². The Hall–Kier alpha value is -1.98. The van der Waals surface area contributed by atoms with Crippen LogP contribution >= 0.6 is 23.2 Å². The zero-order valence-electron chi connectivity index (χ0n) is 14.3. The Bertz CT molecular complexity index is 808. The number of piperazine rings is 1. The lowest BCUT2D eigenvalue weighted by Crippen LogP contribution is -2.49. The van der Waals surface area contributed by atoms with E-state index < -0.39 is 5.82 Å². The molecule has 2 aromatic rings. The van der Waals surface area contributed by atoms with Gasteiger partial charge < -0.3 is 14.5 Å². The van der Waals surface area contributed by atoms with Crippen molar-refractivity contribution >= 4 is 34.8 Å². The Balaban J connectivity index is 1.71. The first-order valence-electron chi connectivity index (χ1n) is 8.42. The number of halogens is 3. The predicted molar refractivity (Wildman–Crippen MR) is 102 cm³/mol. The van der Waals surface area contributed by atoms with Gasteiger partial charge in [0.2, 0.25) is 0 Å². The molecule has 2 aromatic carbocycles. The van der Waals surface area contributed by atoms with Gasteiger partial charge in [0.15, 0.2) is 0 Å². The quantitative estimate of drug-likeness (QED) is 0.713. The standard InChI is InChI=1S/C19H19Cl2FN2O2/c1-2-26-18-6-4-3-5-17(18)23-7-9-24(10-8-23)19(25)13-11-16(22)15(21)12-14(13)20/h3-6,11-12H,2,7-10H2,1H3. The molecule has 4 nitrogen and oxygen atoms in total. The highest BCUT2D eigenvalue weighted by Gasteiger charge is 2.25. The molecule has 0 saturated carbocycles. The third kappa shape index (κ3) is 3.89. The van der Waals surface area contributed by atoms with Crippen LogP contribution in [0.5, 0.6) is 5.75 Å². The maximum Gasteiger partial charge on any atom is 0.255 e. The molecular weight excluding hydrogens is 378 g/mol. The summed E-state index contributed by atoms with van der Waals surface area (Å²) in [7, 11) is 0. The van der Waals surface area contributed by atoms with E-state index in [4.69, 9.17) is 27.9 Å². The molecule has 0 aliphatic carbocycles. The molecular formula is C19H19Cl2FN2O2. The van der Waals surface area contributed by atoms with E-state index in [2.05, 4.69) is 4.90 Å². The van der Waals surface area contributed by atoms with Crippen LogP contribution in [-0.4, -0.2) is 43.6 Å². The highest BCUT2D eigenvalue weighted by Crippen LogP contribution is 2.30. The van der Waals surface area contributed by atoms with Crippen molar-refractivity contribution in [1.82, 2.24) is 4.90 Å². The van der Waals surface area contributed by atoms with E-state index >= 15 is 0 Å². The van der Waals surface area contributed by atoms with E-state index in [1.807, 2.05) is 31.2 Å². The normalized spacial score (nSPS) is 14.5. The highest BCUT2D eigenvalue weighted by molar-refractivity contribution is 6.36. The topological polar surface area (TPSA) is 32.8 Å². The van der Waals surface area contributed by atoms with Crippen molar-refractivity contribution in [3.8, 4) is 5.75 Å². The van der Waals surface area contributed by atoms with E-state index in [9.17, 15) is 9.18 Å². The van der Waals surface area contributed by atoms with Gasteiger partial charge in [0.1, 0.15) is 11.6 Å². The lowest BCUT2D eigenvalue weighted by Gasteiger charge is -2.36. The number of carbonyl (C=O) groups excluding carboxylic acids is 1. The maximum atomic E-state index is 13.7. The summed E-state index contributed by atoms with van der Waals surface area (Å²) in [6.07, 6.45) is 0. The number of para-hydroxylation sites is 2. The second-order valence-electron chi connectivity index (χ2n) is 5.93. The minimum atomic E-state index is -0.649. The summed E-state index contributed by atoms with van der Waals surface area (Å²) < 4.78 is 19.4. The molecule has 1 saturated heterocycles. The molecule has 0 spiro atoms. The van der Waals surface area contributed by atoms with Crippen LogP contribution in [0.3, 0.4) is 0 Å². The van der Waals surface area contributed by atoms with E-state index in [1.165, 1.54) is 6.07 Å². The van der Waals surface area contributed by atoms with Gasteiger partial charge in [0, 0.05) is 26.2 Å². The molecule has 3 rings (SSSR count). The number of hydrogen-bond donors (Lipinski definition) is 0. The van der Waals surface area contributed by atoms with Gasteiger partial charge in [0.25, 0.3) is 5.91 Å². The number of benzene rings is 2. The lowest BCUT2D eigenvalue weighted by molar-refractivity contribution is 0.0746. The van der Waals surface area contributed by atoms with Gasteiger partial charge in [-0.2, -0.15) is 0 Å². The van der Waals surface area contributed by atoms with E-state index in [0.29, 0.717) is 32.8 Å². The van der Waals surface area contributed by atoms with Crippen molar-refractivity contribution in [2.45, 2.75) is 6.92 Å². The monoisotopic (exact) mass is 396 g/mol. The second kappa shape index (κ2) is 8.14. The van der Waals surface area contributed by atoms with Crippen LogP contribution in [0.1, 0.15) is 17.3 Å². The Morgan fingerprint density at radius 2 is 1.81 bits per heavy atom. The molecule has 1 heterocycles. The fourth-order valence-corrected chi connectivity index (χ4v) is 3.47. The molecule has 0 unspecified atom stereocenters. The zero-order chi connectivity index (χ0) is 18.7. The number of nitrogens with zero attached hydrogens (tertiary/aromatic N) is 2. The van der Waals surface area contributed by atoms with Crippen molar-refractivity contribution in [3.05, 3.63) is 57.8 Å². The van der Waals surface area contributed by atoms with Gasteiger partial charge in [-0.1, -0.05) is 35.3 Å². The first kappa shape index (κ1) is 18.8. The lowest BCUT2D eigenvalue weighted by atomic mass is 10.1. The summed E-state index contributed by atoms with van der Waals surface area (Å²) in [5.41, 5.74) is 1.15. The third-order valence-electron chi connectivity index (χ3n) is 4.31. The van der Waals surface area contributed by atoms with Gasteiger partial charge >= 0.3 is 0 Å². The molecule has 1 amide bonds. The molecule has 0 bridgehead atoms. The molecule has 1 aliphatic rings. The Kier molecular flexibility index (Phi) is 5.89. The molecule has 26 heavy (non-hydrogen) atoms.